The topological polar surface area (TPSA) is 91.1 Å². The molecule has 24 heavy (non-hydrogen) atoms. The lowest BCUT2D eigenvalue weighted by Crippen LogP contribution is -2.48. The Kier molecular flexibility index (Phi) is 3.82. The third-order valence-electron chi connectivity index (χ3n) is 4.03. The fraction of sp³-hybridized carbons (Fsp3) is 0.312. The van der Waals surface area contributed by atoms with Gasteiger partial charge in [-0.2, -0.15) is 8.78 Å². The van der Waals surface area contributed by atoms with Gasteiger partial charge >= 0.3 is 5.92 Å². The van der Waals surface area contributed by atoms with Crippen molar-refractivity contribution in [1.29, 1.82) is 0 Å². The third-order valence-corrected chi connectivity index (χ3v) is 4.03. The summed E-state index contributed by atoms with van der Waals surface area (Å²) in [6, 6.07) is 5.72. The van der Waals surface area contributed by atoms with Gasteiger partial charge in [0.05, 0.1) is 6.42 Å². The molecular weight excluding hydrogens is 320 g/mol. The number of halogens is 2. The summed E-state index contributed by atoms with van der Waals surface area (Å²) < 4.78 is 28.6. The maximum atomic E-state index is 14.3. The molecule has 2 heterocycles. The lowest BCUT2D eigenvalue weighted by molar-refractivity contribution is -0.147. The number of carbonyl (C=O) groups is 3. The number of aromatic nitrogens is 1. The Morgan fingerprint density at radius 1 is 1.33 bits per heavy atom. The van der Waals surface area contributed by atoms with Crippen molar-refractivity contribution in [2.24, 2.45) is 0 Å². The van der Waals surface area contributed by atoms with Gasteiger partial charge in [-0.3, -0.25) is 19.7 Å². The highest BCUT2D eigenvalue weighted by Gasteiger charge is 2.43. The van der Waals surface area contributed by atoms with Gasteiger partial charge in [0.25, 0.3) is 5.91 Å². The molecule has 1 fully saturated rings. The lowest BCUT2D eigenvalue weighted by atomic mass is 10.0. The molecule has 1 aromatic heterocycles. The zero-order valence-corrected chi connectivity index (χ0v) is 12.8. The zero-order chi connectivity index (χ0) is 17.5. The molecule has 3 rings (SSSR count). The number of H-pyrrole nitrogens is 1. The number of para-hydroxylation sites is 1. The molecule has 1 aliphatic rings. The average molecular weight is 335 g/mol. The van der Waals surface area contributed by atoms with E-state index < -0.39 is 36.1 Å². The standard InChI is InChI=1S/C16H15F2N3O3/c1-8-10(9-4-2-3-5-11(9)19-8)7-16(17,18)15(24)20-12-6-13(22)21-14(12)23/h2-5,12,19H,6-7H2,1H3,(H,20,24)(H,21,22,23). The smallest absolute Gasteiger partial charge is 0.328 e. The summed E-state index contributed by atoms with van der Waals surface area (Å²) in [4.78, 5) is 37.3. The van der Waals surface area contributed by atoms with Crippen molar-refractivity contribution in [2.75, 3.05) is 0 Å². The van der Waals surface area contributed by atoms with Gasteiger partial charge in [0, 0.05) is 23.0 Å². The van der Waals surface area contributed by atoms with E-state index in [1.807, 2.05) is 10.6 Å². The molecule has 0 saturated carbocycles. The molecule has 1 unspecified atom stereocenters. The number of carbonyl (C=O) groups excluding carboxylic acids is 3. The summed E-state index contributed by atoms with van der Waals surface area (Å²) in [5.74, 6) is -6.64. The summed E-state index contributed by atoms with van der Waals surface area (Å²) in [5.41, 5.74) is 1.61. The summed E-state index contributed by atoms with van der Waals surface area (Å²) >= 11 is 0. The Labute approximate surface area is 135 Å². The molecule has 126 valence electrons. The van der Waals surface area contributed by atoms with E-state index in [2.05, 4.69) is 4.98 Å². The number of aryl methyl sites for hydroxylation is 1. The third kappa shape index (κ3) is 2.86. The van der Waals surface area contributed by atoms with Crippen molar-refractivity contribution in [2.45, 2.75) is 31.7 Å². The Balaban J connectivity index is 1.79. The molecule has 1 aromatic carbocycles. The van der Waals surface area contributed by atoms with Crippen LogP contribution >= 0.6 is 0 Å². The van der Waals surface area contributed by atoms with Crippen molar-refractivity contribution >= 4 is 28.6 Å². The summed E-state index contributed by atoms with van der Waals surface area (Å²) in [7, 11) is 0. The predicted molar refractivity (Wildman–Crippen MR) is 81.4 cm³/mol. The number of amides is 3. The van der Waals surface area contributed by atoms with Gasteiger partial charge in [0.2, 0.25) is 11.8 Å². The lowest BCUT2D eigenvalue weighted by Gasteiger charge is -2.18. The minimum absolute atomic E-state index is 0.327. The highest BCUT2D eigenvalue weighted by atomic mass is 19.3. The van der Waals surface area contributed by atoms with E-state index in [1.165, 1.54) is 0 Å². The van der Waals surface area contributed by atoms with Crippen LogP contribution in [0.2, 0.25) is 0 Å². The number of hydrogen-bond donors (Lipinski definition) is 3. The Morgan fingerprint density at radius 3 is 2.71 bits per heavy atom. The Morgan fingerprint density at radius 2 is 2.04 bits per heavy atom. The zero-order valence-electron chi connectivity index (χ0n) is 12.8. The molecule has 6 nitrogen and oxygen atoms in total. The maximum Gasteiger partial charge on any atom is 0.328 e. The van der Waals surface area contributed by atoms with Crippen molar-refractivity contribution < 1.29 is 23.2 Å². The van der Waals surface area contributed by atoms with E-state index in [9.17, 15) is 23.2 Å². The number of alkyl halides is 2. The van der Waals surface area contributed by atoms with Crippen LogP contribution in [0.1, 0.15) is 17.7 Å². The van der Waals surface area contributed by atoms with Crippen LogP contribution in [-0.2, 0) is 20.8 Å². The molecule has 3 N–H and O–H groups in total. The largest absolute Gasteiger partial charge is 0.358 e. The van der Waals surface area contributed by atoms with E-state index in [-0.39, 0.29) is 6.42 Å². The van der Waals surface area contributed by atoms with Crippen LogP contribution in [0, 0.1) is 6.92 Å². The maximum absolute atomic E-state index is 14.3. The van der Waals surface area contributed by atoms with Gasteiger partial charge in [0.15, 0.2) is 0 Å². The summed E-state index contributed by atoms with van der Waals surface area (Å²) in [5, 5.41) is 4.53. The molecule has 0 radical (unpaired) electrons. The Bertz CT molecular complexity index is 844. The molecule has 0 spiro atoms. The first-order valence-corrected chi connectivity index (χ1v) is 7.36. The van der Waals surface area contributed by atoms with Gasteiger partial charge in [0.1, 0.15) is 6.04 Å². The quantitative estimate of drug-likeness (QED) is 0.733. The first kappa shape index (κ1) is 16.1. The number of benzene rings is 1. The van der Waals surface area contributed by atoms with Crippen molar-refractivity contribution in [3.05, 3.63) is 35.5 Å². The van der Waals surface area contributed by atoms with Crippen LogP contribution in [0.25, 0.3) is 10.9 Å². The van der Waals surface area contributed by atoms with Crippen LogP contribution in [0.3, 0.4) is 0 Å². The SMILES string of the molecule is Cc1[nH]c2ccccc2c1CC(F)(F)C(=O)NC1CC(=O)NC1=O. The van der Waals surface area contributed by atoms with Crippen LogP contribution in [-0.4, -0.2) is 34.7 Å². The molecule has 1 atom stereocenters. The predicted octanol–water partition coefficient (Wildman–Crippen LogP) is 1.19. The highest BCUT2D eigenvalue weighted by Crippen LogP contribution is 2.29. The number of imide groups is 1. The minimum Gasteiger partial charge on any atom is -0.358 e. The number of aromatic amines is 1. The first-order chi connectivity index (χ1) is 11.3. The molecule has 0 aliphatic carbocycles. The number of fused-ring (bicyclic) bond motifs is 1. The first-order valence-electron chi connectivity index (χ1n) is 7.36. The Hall–Kier alpha value is -2.77. The fourth-order valence-electron chi connectivity index (χ4n) is 2.80. The van der Waals surface area contributed by atoms with E-state index in [1.54, 1.807) is 31.2 Å². The molecule has 1 aliphatic heterocycles. The highest BCUT2D eigenvalue weighted by molar-refractivity contribution is 6.07. The summed E-state index contributed by atoms with van der Waals surface area (Å²) in [6.45, 7) is 1.66. The van der Waals surface area contributed by atoms with Gasteiger partial charge in [-0.25, -0.2) is 0 Å². The van der Waals surface area contributed by atoms with Crippen LogP contribution in [0.4, 0.5) is 8.78 Å². The number of nitrogens with one attached hydrogen (secondary N) is 3. The minimum atomic E-state index is -3.71. The van der Waals surface area contributed by atoms with Crippen LogP contribution < -0.4 is 10.6 Å². The van der Waals surface area contributed by atoms with Crippen LogP contribution in [0.5, 0.6) is 0 Å². The van der Waals surface area contributed by atoms with Gasteiger partial charge in [-0.05, 0) is 18.6 Å². The van der Waals surface area contributed by atoms with Gasteiger partial charge in [-0.15, -0.1) is 0 Å². The monoisotopic (exact) mass is 335 g/mol. The van der Waals surface area contributed by atoms with Gasteiger partial charge < -0.3 is 10.3 Å². The fourth-order valence-corrected chi connectivity index (χ4v) is 2.80. The van der Waals surface area contributed by atoms with Crippen molar-refractivity contribution in [3.63, 3.8) is 0 Å². The normalized spacial score (nSPS) is 18.0. The molecule has 8 heteroatoms. The molecule has 0 bridgehead atoms. The van der Waals surface area contributed by atoms with Crippen molar-refractivity contribution in [3.8, 4) is 0 Å². The molecule has 2 aromatic rings. The number of hydrogen-bond acceptors (Lipinski definition) is 3. The second-order valence-electron chi connectivity index (χ2n) is 5.80. The second-order valence-corrected chi connectivity index (χ2v) is 5.80. The van der Waals surface area contributed by atoms with E-state index in [4.69, 9.17) is 0 Å². The van der Waals surface area contributed by atoms with Crippen LogP contribution in [0.15, 0.2) is 24.3 Å². The second kappa shape index (κ2) is 5.70. The molecular formula is C16H15F2N3O3. The average Bonchev–Trinajstić information content (AvgIpc) is 2.98. The van der Waals surface area contributed by atoms with Gasteiger partial charge in [-0.1, -0.05) is 18.2 Å². The van der Waals surface area contributed by atoms with E-state index >= 15 is 0 Å². The van der Waals surface area contributed by atoms with E-state index in [0.717, 1.165) is 0 Å². The van der Waals surface area contributed by atoms with Crippen molar-refractivity contribution in [1.82, 2.24) is 15.6 Å². The molecule has 1 saturated heterocycles. The van der Waals surface area contributed by atoms with E-state index in [0.29, 0.717) is 22.2 Å². The number of rotatable bonds is 4. The summed E-state index contributed by atoms with van der Waals surface area (Å²) in [6.07, 6.45) is -1.12. The molecule has 3 amide bonds.